The lowest BCUT2D eigenvalue weighted by Gasteiger charge is -2.17. The van der Waals surface area contributed by atoms with E-state index in [1.807, 2.05) is 0 Å². The van der Waals surface area contributed by atoms with Crippen molar-refractivity contribution in [2.24, 2.45) is 20.0 Å². The summed E-state index contributed by atoms with van der Waals surface area (Å²) in [6.07, 6.45) is 2.24. The highest BCUT2D eigenvalue weighted by atomic mass is 16.5. The predicted octanol–water partition coefficient (Wildman–Crippen LogP) is -1.45. The molecule has 0 spiro atoms. The second-order valence-electron chi connectivity index (χ2n) is 2.05. The monoisotopic (exact) mass is 152 g/mol. The van der Waals surface area contributed by atoms with Gasteiger partial charge in [0, 0.05) is 0 Å². The Bertz CT molecular complexity index is 312. The summed E-state index contributed by atoms with van der Waals surface area (Å²) >= 11 is 0. The van der Waals surface area contributed by atoms with Gasteiger partial charge in [-0.3, -0.25) is 0 Å². The van der Waals surface area contributed by atoms with Crippen molar-refractivity contribution < 1.29 is 10.2 Å². The van der Waals surface area contributed by atoms with E-state index in [2.05, 4.69) is 20.0 Å². The quantitative estimate of drug-likeness (QED) is 0.416. The molecule has 11 heavy (non-hydrogen) atoms. The zero-order valence-electron chi connectivity index (χ0n) is 5.34. The normalized spacial score (nSPS) is 24.5. The molecule has 0 aromatic rings. The highest BCUT2D eigenvalue weighted by molar-refractivity contribution is 6.49. The second kappa shape index (κ2) is 1.80. The maximum atomic E-state index is 9.11. The van der Waals surface area contributed by atoms with Crippen molar-refractivity contribution in [2.75, 3.05) is 0 Å². The summed E-state index contributed by atoms with van der Waals surface area (Å²) in [5, 5.41) is 18.2. The van der Waals surface area contributed by atoms with Crippen LogP contribution in [0.15, 0.2) is 20.0 Å². The van der Waals surface area contributed by atoms with E-state index in [4.69, 9.17) is 10.2 Å². The first-order chi connectivity index (χ1) is 5.20. The Morgan fingerprint density at radius 1 is 1.18 bits per heavy atom. The molecule has 0 atom stereocenters. The highest BCUT2D eigenvalue weighted by Crippen LogP contribution is 2.13. The Balaban J connectivity index is 2.51. The van der Waals surface area contributed by atoms with Crippen molar-refractivity contribution in [1.29, 1.82) is 0 Å². The number of rotatable bonds is 0. The van der Waals surface area contributed by atoms with E-state index >= 15 is 0 Å². The van der Waals surface area contributed by atoms with Gasteiger partial charge < -0.3 is 10.2 Å². The first-order valence-corrected chi connectivity index (χ1v) is 2.87. The SMILES string of the molecule is OC1(O)N=CN=C2N=CN=C21. The van der Waals surface area contributed by atoms with E-state index < -0.39 is 5.91 Å². The number of hydrogen-bond acceptors (Lipinski definition) is 6. The maximum absolute atomic E-state index is 9.11. The fourth-order valence-corrected chi connectivity index (χ4v) is 0.816. The van der Waals surface area contributed by atoms with Crippen LogP contribution in [0.4, 0.5) is 0 Å². The lowest BCUT2D eigenvalue weighted by atomic mass is 10.2. The van der Waals surface area contributed by atoms with Crippen LogP contribution in [0.2, 0.25) is 0 Å². The third-order valence-electron chi connectivity index (χ3n) is 1.31. The van der Waals surface area contributed by atoms with Crippen molar-refractivity contribution >= 4 is 24.2 Å². The summed E-state index contributed by atoms with van der Waals surface area (Å²) < 4.78 is 0. The molecule has 2 aliphatic rings. The number of nitrogens with zero attached hydrogens (tertiary/aromatic N) is 4. The Labute approximate surface area is 61.4 Å². The maximum Gasteiger partial charge on any atom is 0.316 e. The molecule has 0 aromatic carbocycles. The molecule has 0 aromatic heterocycles. The fraction of sp³-hybridized carbons (Fsp3) is 0.200. The molecule has 0 radical (unpaired) electrons. The van der Waals surface area contributed by atoms with E-state index in [1.54, 1.807) is 0 Å². The average molecular weight is 152 g/mol. The first kappa shape index (κ1) is 6.32. The Morgan fingerprint density at radius 3 is 2.73 bits per heavy atom. The molecule has 0 bridgehead atoms. The third kappa shape index (κ3) is 0.803. The van der Waals surface area contributed by atoms with Crippen molar-refractivity contribution in [2.45, 2.75) is 5.91 Å². The van der Waals surface area contributed by atoms with Gasteiger partial charge in [-0.05, 0) is 0 Å². The minimum atomic E-state index is -2.26. The minimum Gasteiger partial charge on any atom is -0.342 e. The van der Waals surface area contributed by atoms with Gasteiger partial charge in [-0.25, -0.2) is 20.0 Å². The summed E-state index contributed by atoms with van der Waals surface area (Å²) in [5.74, 6) is -2.06. The van der Waals surface area contributed by atoms with E-state index in [9.17, 15) is 0 Å². The molecular weight excluding hydrogens is 148 g/mol. The van der Waals surface area contributed by atoms with Crippen LogP contribution in [-0.4, -0.2) is 40.3 Å². The number of aliphatic hydroxyl groups is 2. The van der Waals surface area contributed by atoms with Crippen LogP contribution >= 0.6 is 0 Å². The molecule has 6 heteroatoms. The molecule has 6 nitrogen and oxygen atoms in total. The molecule has 0 aliphatic carbocycles. The molecular formula is C5H4N4O2. The number of aliphatic imine (C=N–C) groups is 4. The van der Waals surface area contributed by atoms with E-state index in [-0.39, 0.29) is 11.5 Å². The molecule has 0 saturated carbocycles. The Hall–Kier alpha value is -1.40. The number of hydrogen-bond donors (Lipinski definition) is 2. The van der Waals surface area contributed by atoms with Gasteiger partial charge in [0.15, 0.2) is 11.5 Å². The van der Waals surface area contributed by atoms with Gasteiger partial charge in [-0.1, -0.05) is 0 Å². The van der Waals surface area contributed by atoms with Crippen LogP contribution < -0.4 is 0 Å². The topological polar surface area (TPSA) is 89.9 Å². The summed E-state index contributed by atoms with van der Waals surface area (Å²) in [6.45, 7) is 0. The van der Waals surface area contributed by atoms with Gasteiger partial charge in [0.25, 0.3) is 0 Å². The van der Waals surface area contributed by atoms with E-state index in [0.717, 1.165) is 6.34 Å². The smallest absolute Gasteiger partial charge is 0.316 e. The van der Waals surface area contributed by atoms with Gasteiger partial charge in [0.05, 0.1) is 0 Å². The third-order valence-corrected chi connectivity index (χ3v) is 1.31. The molecule has 2 N–H and O–H groups in total. The lowest BCUT2D eigenvalue weighted by molar-refractivity contribution is -0.0882. The van der Waals surface area contributed by atoms with Crippen LogP contribution in [-0.2, 0) is 0 Å². The van der Waals surface area contributed by atoms with Crippen molar-refractivity contribution in [3.05, 3.63) is 0 Å². The zero-order chi connectivity index (χ0) is 7.90. The van der Waals surface area contributed by atoms with Crippen LogP contribution in [0.3, 0.4) is 0 Å². The molecule has 0 unspecified atom stereocenters. The fourth-order valence-electron chi connectivity index (χ4n) is 0.816. The van der Waals surface area contributed by atoms with E-state index in [0.29, 0.717) is 0 Å². The molecule has 0 saturated heterocycles. The van der Waals surface area contributed by atoms with Crippen LogP contribution in [0, 0.1) is 0 Å². The van der Waals surface area contributed by atoms with Gasteiger partial charge in [0.2, 0.25) is 0 Å². The van der Waals surface area contributed by atoms with Crippen molar-refractivity contribution in [3.8, 4) is 0 Å². The molecule has 0 amide bonds. The molecule has 0 fully saturated rings. The Morgan fingerprint density at radius 2 is 2.00 bits per heavy atom. The van der Waals surface area contributed by atoms with Crippen LogP contribution in [0.5, 0.6) is 0 Å². The molecule has 56 valence electrons. The predicted molar refractivity (Wildman–Crippen MR) is 39.0 cm³/mol. The second-order valence-corrected chi connectivity index (χ2v) is 2.05. The Kier molecular flexibility index (Phi) is 1.04. The first-order valence-electron chi connectivity index (χ1n) is 2.87. The summed E-state index contributed by atoms with van der Waals surface area (Å²) in [5.41, 5.74) is -0.0278. The summed E-state index contributed by atoms with van der Waals surface area (Å²) in [7, 11) is 0. The van der Waals surface area contributed by atoms with E-state index in [1.165, 1.54) is 6.34 Å². The molecule has 2 aliphatic heterocycles. The average Bonchev–Trinajstić information content (AvgIpc) is 2.34. The van der Waals surface area contributed by atoms with Crippen LogP contribution in [0.1, 0.15) is 0 Å². The minimum absolute atomic E-state index is 0.0278. The van der Waals surface area contributed by atoms with Crippen LogP contribution in [0.25, 0.3) is 0 Å². The summed E-state index contributed by atoms with van der Waals surface area (Å²) in [6, 6.07) is 0. The van der Waals surface area contributed by atoms with Gasteiger partial charge >= 0.3 is 5.91 Å². The standard InChI is InChI=1S/C5H4N4O2/c10-5(11)3-4(7-1-6-3)8-2-9-5/h1-2,10-11H. The highest BCUT2D eigenvalue weighted by Gasteiger charge is 2.37. The zero-order valence-corrected chi connectivity index (χ0v) is 5.34. The summed E-state index contributed by atoms with van der Waals surface area (Å²) in [4.78, 5) is 14.2. The van der Waals surface area contributed by atoms with Gasteiger partial charge in [-0.15, -0.1) is 0 Å². The number of fused-ring (bicyclic) bond motifs is 1. The largest absolute Gasteiger partial charge is 0.342 e. The molecule has 2 rings (SSSR count). The number of amidine groups is 1. The van der Waals surface area contributed by atoms with Gasteiger partial charge in [-0.2, -0.15) is 0 Å². The lowest BCUT2D eigenvalue weighted by Crippen LogP contribution is -2.41. The van der Waals surface area contributed by atoms with Crippen molar-refractivity contribution in [3.63, 3.8) is 0 Å². The van der Waals surface area contributed by atoms with Crippen molar-refractivity contribution in [1.82, 2.24) is 0 Å². The van der Waals surface area contributed by atoms with Gasteiger partial charge in [0.1, 0.15) is 12.7 Å². The molecule has 2 heterocycles.